The maximum atomic E-state index is 11.9. The molecule has 1 heterocycles. The number of carbonyl (C=O) groups excluding carboxylic acids is 2. The van der Waals surface area contributed by atoms with Crippen molar-refractivity contribution in [2.24, 2.45) is 0 Å². The third-order valence-corrected chi connectivity index (χ3v) is 3.96. The van der Waals surface area contributed by atoms with Gasteiger partial charge in [0.15, 0.2) is 5.78 Å². The second-order valence-electron chi connectivity index (χ2n) is 5.10. The van der Waals surface area contributed by atoms with Crippen molar-refractivity contribution < 1.29 is 19.1 Å². The number of ether oxygens (including phenoxy) is 2. The predicted octanol–water partition coefficient (Wildman–Crippen LogP) is 3.52. The van der Waals surface area contributed by atoms with Crippen LogP contribution >= 0.6 is 15.9 Å². The molecule has 1 aromatic rings. The highest BCUT2D eigenvalue weighted by atomic mass is 79.9. The first-order valence-corrected chi connectivity index (χ1v) is 8.00. The van der Waals surface area contributed by atoms with Crippen molar-refractivity contribution in [3.05, 3.63) is 34.3 Å². The lowest BCUT2D eigenvalue weighted by molar-refractivity contribution is -0.149. The van der Waals surface area contributed by atoms with Crippen molar-refractivity contribution in [3.8, 4) is 0 Å². The summed E-state index contributed by atoms with van der Waals surface area (Å²) >= 11 is 3.32. The first-order chi connectivity index (χ1) is 10.1. The Morgan fingerprint density at radius 2 is 1.95 bits per heavy atom. The minimum Gasteiger partial charge on any atom is -0.463 e. The molecule has 1 aliphatic heterocycles. The zero-order chi connectivity index (χ0) is 15.1. The molecule has 2 rings (SSSR count). The van der Waals surface area contributed by atoms with Crippen LogP contribution in [0.2, 0.25) is 0 Å². The molecule has 0 radical (unpaired) electrons. The second-order valence-corrected chi connectivity index (χ2v) is 6.02. The van der Waals surface area contributed by atoms with Crippen LogP contribution in [0.15, 0.2) is 28.7 Å². The maximum Gasteiger partial charge on any atom is 0.306 e. The molecule has 0 bridgehead atoms. The molecule has 1 atom stereocenters. The van der Waals surface area contributed by atoms with E-state index in [-0.39, 0.29) is 30.7 Å². The molecule has 0 aliphatic carbocycles. The van der Waals surface area contributed by atoms with Gasteiger partial charge < -0.3 is 9.47 Å². The molecular weight excluding hydrogens is 336 g/mol. The fourth-order valence-corrected chi connectivity index (χ4v) is 2.46. The number of hydrogen-bond acceptors (Lipinski definition) is 4. The van der Waals surface area contributed by atoms with Gasteiger partial charge in [-0.3, -0.25) is 9.59 Å². The highest BCUT2D eigenvalue weighted by Crippen LogP contribution is 2.14. The average Bonchev–Trinajstić information content (AvgIpc) is 2.52. The molecule has 1 saturated heterocycles. The lowest BCUT2D eigenvalue weighted by Gasteiger charge is -2.22. The summed E-state index contributed by atoms with van der Waals surface area (Å²) in [5, 5.41) is 0. The Morgan fingerprint density at radius 3 is 2.62 bits per heavy atom. The van der Waals surface area contributed by atoms with E-state index < -0.39 is 0 Å². The molecule has 0 N–H and O–H groups in total. The highest BCUT2D eigenvalue weighted by molar-refractivity contribution is 9.10. The molecule has 1 aliphatic rings. The molecule has 21 heavy (non-hydrogen) atoms. The fraction of sp³-hybridized carbons (Fsp3) is 0.500. The highest BCUT2D eigenvalue weighted by Gasteiger charge is 2.16. The molecule has 0 aromatic heterocycles. The van der Waals surface area contributed by atoms with E-state index in [9.17, 15) is 9.59 Å². The van der Waals surface area contributed by atoms with Crippen molar-refractivity contribution in [2.75, 3.05) is 13.2 Å². The van der Waals surface area contributed by atoms with Gasteiger partial charge in [0.1, 0.15) is 6.61 Å². The first-order valence-electron chi connectivity index (χ1n) is 7.21. The van der Waals surface area contributed by atoms with Gasteiger partial charge in [-0.05, 0) is 31.4 Å². The zero-order valence-corrected chi connectivity index (χ0v) is 13.4. The monoisotopic (exact) mass is 354 g/mol. The largest absolute Gasteiger partial charge is 0.463 e. The van der Waals surface area contributed by atoms with Crippen LogP contribution < -0.4 is 0 Å². The minimum atomic E-state index is -0.338. The van der Waals surface area contributed by atoms with E-state index in [4.69, 9.17) is 9.47 Å². The molecule has 0 amide bonds. The average molecular weight is 355 g/mol. The predicted molar refractivity (Wildman–Crippen MR) is 82.3 cm³/mol. The van der Waals surface area contributed by atoms with Crippen molar-refractivity contribution in [1.82, 2.24) is 0 Å². The third kappa shape index (κ3) is 5.59. The number of carbonyl (C=O) groups is 2. The van der Waals surface area contributed by atoms with Crippen LogP contribution in [-0.4, -0.2) is 31.1 Å². The minimum absolute atomic E-state index is 0.0184. The third-order valence-electron chi connectivity index (χ3n) is 3.43. The number of hydrogen-bond donors (Lipinski definition) is 0. The van der Waals surface area contributed by atoms with Crippen LogP contribution in [-0.2, 0) is 14.3 Å². The summed E-state index contributed by atoms with van der Waals surface area (Å²) in [5.41, 5.74) is 0.613. The van der Waals surface area contributed by atoms with Crippen LogP contribution in [0.4, 0.5) is 0 Å². The maximum absolute atomic E-state index is 11.9. The SMILES string of the molecule is O=C(CCC(=O)c1ccc(Br)cc1)OCC1CCCCO1. The van der Waals surface area contributed by atoms with Gasteiger partial charge in [0.2, 0.25) is 0 Å². The Hall–Kier alpha value is -1.20. The van der Waals surface area contributed by atoms with Crippen LogP contribution in [0.5, 0.6) is 0 Å². The van der Waals surface area contributed by atoms with E-state index in [1.165, 1.54) is 0 Å². The van der Waals surface area contributed by atoms with E-state index in [1.54, 1.807) is 12.1 Å². The van der Waals surface area contributed by atoms with Crippen LogP contribution in [0.3, 0.4) is 0 Å². The van der Waals surface area contributed by atoms with E-state index in [0.29, 0.717) is 12.2 Å². The zero-order valence-electron chi connectivity index (χ0n) is 11.8. The first kappa shape index (κ1) is 16.2. The molecule has 1 fully saturated rings. The van der Waals surface area contributed by atoms with Gasteiger partial charge in [0.05, 0.1) is 12.5 Å². The van der Waals surface area contributed by atoms with Gasteiger partial charge in [0.25, 0.3) is 0 Å². The van der Waals surface area contributed by atoms with Crippen LogP contribution in [0, 0.1) is 0 Å². The van der Waals surface area contributed by atoms with Crippen molar-refractivity contribution in [2.45, 2.75) is 38.2 Å². The molecule has 0 spiro atoms. The summed E-state index contributed by atoms with van der Waals surface area (Å²) in [5.74, 6) is -0.386. The Labute approximate surface area is 132 Å². The number of benzene rings is 1. The quantitative estimate of drug-likeness (QED) is 0.579. The molecule has 1 aromatic carbocycles. The Morgan fingerprint density at radius 1 is 1.19 bits per heavy atom. The summed E-state index contributed by atoms with van der Waals surface area (Å²) in [4.78, 5) is 23.6. The molecular formula is C16H19BrO4. The van der Waals surface area contributed by atoms with Gasteiger partial charge in [-0.1, -0.05) is 28.1 Å². The van der Waals surface area contributed by atoms with Gasteiger partial charge in [-0.15, -0.1) is 0 Å². The van der Waals surface area contributed by atoms with Gasteiger partial charge in [0, 0.05) is 23.1 Å². The van der Waals surface area contributed by atoms with Crippen LogP contribution in [0.1, 0.15) is 42.5 Å². The normalized spacial score (nSPS) is 18.2. The Bertz CT molecular complexity index is 478. The number of rotatable bonds is 6. The molecule has 4 nitrogen and oxygen atoms in total. The molecule has 5 heteroatoms. The summed E-state index contributed by atoms with van der Waals surface area (Å²) in [6, 6.07) is 7.11. The topological polar surface area (TPSA) is 52.6 Å². The van der Waals surface area contributed by atoms with E-state index >= 15 is 0 Å². The Balaban J connectivity index is 1.68. The van der Waals surface area contributed by atoms with Crippen molar-refractivity contribution in [1.29, 1.82) is 0 Å². The van der Waals surface area contributed by atoms with Gasteiger partial charge in [-0.25, -0.2) is 0 Å². The summed E-state index contributed by atoms with van der Waals surface area (Å²) in [6.45, 7) is 1.04. The lowest BCUT2D eigenvalue weighted by Crippen LogP contribution is -2.26. The summed E-state index contributed by atoms with van der Waals surface area (Å²) in [6.07, 6.45) is 3.43. The molecule has 114 valence electrons. The number of Topliss-reactive ketones (excluding diaryl/α,β-unsaturated/α-hetero) is 1. The van der Waals surface area contributed by atoms with Crippen molar-refractivity contribution in [3.63, 3.8) is 0 Å². The smallest absolute Gasteiger partial charge is 0.306 e. The van der Waals surface area contributed by atoms with Gasteiger partial charge >= 0.3 is 5.97 Å². The molecule has 0 saturated carbocycles. The molecule has 1 unspecified atom stereocenters. The van der Waals surface area contributed by atoms with Gasteiger partial charge in [-0.2, -0.15) is 0 Å². The number of esters is 1. The second kappa shape index (κ2) is 8.29. The standard InChI is InChI=1S/C16H19BrO4/c17-13-6-4-12(5-7-13)15(18)8-9-16(19)21-11-14-3-1-2-10-20-14/h4-7,14H,1-3,8-11H2. The summed E-state index contributed by atoms with van der Waals surface area (Å²) < 4.78 is 11.6. The van der Waals surface area contributed by atoms with Crippen LogP contribution in [0.25, 0.3) is 0 Å². The summed E-state index contributed by atoms with van der Waals surface area (Å²) in [7, 11) is 0. The number of halogens is 1. The fourth-order valence-electron chi connectivity index (χ4n) is 2.19. The number of ketones is 1. The Kier molecular flexibility index (Phi) is 6.39. The van der Waals surface area contributed by atoms with E-state index in [2.05, 4.69) is 15.9 Å². The van der Waals surface area contributed by atoms with E-state index in [1.807, 2.05) is 12.1 Å². The lowest BCUT2D eigenvalue weighted by atomic mass is 10.1. The van der Waals surface area contributed by atoms with Crippen molar-refractivity contribution >= 4 is 27.7 Å². The van der Waals surface area contributed by atoms with E-state index in [0.717, 1.165) is 30.3 Å².